The van der Waals surface area contributed by atoms with E-state index in [9.17, 15) is 10.2 Å². The summed E-state index contributed by atoms with van der Waals surface area (Å²) in [5.41, 5.74) is 3.02. The van der Waals surface area contributed by atoms with Gasteiger partial charge in [0.25, 0.3) is 0 Å². The van der Waals surface area contributed by atoms with Crippen LogP contribution in [0.15, 0.2) is 91.0 Å². The van der Waals surface area contributed by atoms with Gasteiger partial charge in [-0.2, -0.15) is 0 Å². The van der Waals surface area contributed by atoms with Gasteiger partial charge in [0.05, 0.1) is 32.0 Å². The number of aliphatic hydroxyl groups is 2. The molecule has 5 heteroatoms. The standard InChI is InChI=1S/C27H30O5/c28-23-16-24(29)26(31-18-21-12-6-2-7-13-21)27(32-19-22-14-8-3-9-15-22)25(23)30-17-20-10-4-1-5-11-20/h1-15,23-29H,16-19H2/t23-,24-,25-,26+,27?/m1/s1. The van der Waals surface area contributed by atoms with Crippen LogP contribution in [0.3, 0.4) is 0 Å². The minimum Gasteiger partial charge on any atom is -0.390 e. The first-order chi connectivity index (χ1) is 15.7. The average molecular weight is 435 g/mol. The van der Waals surface area contributed by atoms with E-state index < -0.39 is 30.5 Å². The van der Waals surface area contributed by atoms with Crippen molar-refractivity contribution in [2.24, 2.45) is 0 Å². The van der Waals surface area contributed by atoms with E-state index in [1.165, 1.54) is 0 Å². The number of hydrogen-bond donors (Lipinski definition) is 2. The molecule has 0 heterocycles. The highest BCUT2D eigenvalue weighted by Crippen LogP contribution is 2.30. The van der Waals surface area contributed by atoms with Gasteiger partial charge in [0.2, 0.25) is 0 Å². The van der Waals surface area contributed by atoms with E-state index in [0.717, 1.165) is 16.7 Å². The molecule has 1 unspecified atom stereocenters. The first-order valence-corrected chi connectivity index (χ1v) is 11.0. The van der Waals surface area contributed by atoms with Crippen LogP contribution in [0, 0.1) is 0 Å². The Morgan fingerprint density at radius 2 is 0.812 bits per heavy atom. The maximum Gasteiger partial charge on any atom is 0.115 e. The molecule has 0 bridgehead atoms. The Labute approximate surface area is 189 Å². The van der Waals surface area contributed by atoms with Gasteiger partial charge in [0, 0.05) is 6.42 Å². The molecule has 0 aliphatic heterocycles. The summed E-state index contributed by atoms with van der Waals surface area (Å²) in [5, 5.41) is 21.5. The monoisotopic (exact) mass is 434 g/mol. The van der Waals surface area contributed by atoms with Crippen molar-refractivity contribution in [2.45, 2.75) is 56.8 Å². The summed E-state index contributed by atoms with van der Waals surface area (Å²) in [5.74, 6) is 0. The fraction of sp³-hybridized carbons (Fsp3) is 0.333. The van der Waals surface area contributed by atoms with Crippen LogP contribution < -0.4 is 0 Å². The minimum atomic E-state index is -0.855. The van der Waals surface area contributed by atoms with Gasteiger partial charge in [-0.15, -0.1) is 0 Å². The van der Waals surface area contributed by atoms with E-state index in [1.807, 2.05) is 91.0 Å². The molecule has 3 aromatic rings. The van der Waals surface area contributed by atoms with Crippen LogP contribution in [-0.4, -0.2) is 40.7 Å². The number of benzene rings is 3. The highest BCUT2D eigenvalue weighted by Gasteiger charge is 2.46. The summed E-state index contributed by atoms with van der Waals surface area (Å²) >= 11 is 0. The van der Waals surface area contributed by atoms with E-state index in [1.54, 1.807) is 0 Å². The fourth-order valence-corrected chi connectivity index (χ4v) is 4.04. The highest BCUT2D eigenvalue weighted by molar-refractivity contribution is 5.15. The second-order valence-corrected chi connectivity index (χ2v) is 8.15. The molecule has 1 fully saturated rings. The molecule has 1 aliphatic carbocycles. The summed E-state index contributed by atoms with van der Waals surface area (Å²) in [6.07, 6.45) is -3.41. The molecule has 0 radical (unpaired) electrons. The molecule has 32 heavy (non-hydrogen) atoms. The summed E-state index contributed by atoms with van der Waals surface area (Å²) in [6, 6.07) is 29.5. The quantitative estimate of drug-likeness (QED) is 0.535. The number of aliphatic hydroxyl groups excluding tert-OH is 2. The van der Waals surface area contributed by atoms with Crippen LogP contribution in [0.2, 0.25) is 0 Å². The molecular weight excluding hydrogens is 404 g/mol. The lowest BCUT2D eigenvalue weighted by atomic mass is 9.86. The maximum atomic E-state index is 10.8. The smallest absolute Gasteiger partial charge is 0.115 e. The second-order valence-electron chi connectivity index (χ2n) is 8.15. The third-order valence-corrected chi connectivity index (χ3v) is 5.74. The lowest BCUT2D eigenvalue weighted by Gasteiger charge is -2.43. The van der Waals surface area contributed by atoms with Crippen LogP contribution in [0.1, 0.15) is 23.1 Å². The molecule has 0 spiro atoms. The van der Waals surface area contributed by atoms with Crippen molar-refractivity contribution in [3.8, 4) is 0 Å². The Morgan fingerprint density at radius 1 is 0.500 bits per heavy atom. The van der Waals surface area contributed by atoms with Crippen LogP contribution in [0.25, 0.3) is 0 Å². The van der Waals surface area contributed by atoms with Gasteiger partial charge < -0.3 is 24.4 Å². The summed E-state index contributed by atoms with van der Waals surface area (Å²) in [6.45, 7) is 1.02. The molecule has 5 atom stereocenters. The van der Waals surface area contributed by atoms with Crippen molar-refractivity contribution >= 4 is 0 Å². The Balaban J connectivity index is 1.50. The van der Waals surface area contributed by atoms with Gasteiger partial charge in [-0.1, -0.05) is 91.0 Å². The Hall–Kier alpha value is -2.54. The highest BCUT2D eigenvalue weighted by atomic mass is 16.6. The van der Waals surface area contributed by atoms with Gasteiger partial charge >= 0.3 is 0 Å². The molecule has 2 N–H and O–H groups in total. The molecular formula is C27H30O5. The SMILES string of the molecule is O[C@@H]1C[C@@H](O)[C@@H](OCc2ccccc2)C(OCc2ccccc2)[C@H]1OCc1ccccc1. The lowest BCUT2D eigenvalue weighted by molar-refractivity contribution is -0.231. The lowest BCUT2D eigenvalue weighted by Crippen LogP contribution is -2.58. The van der Waals surface area contributed by atoms with Crippen molar-refractivity contribution < 1.29 is 24.4 Å². The molecule has 0 aromatic heterocycles. The minimum absolute atomic E-state index is 0.171. The molecule has 3 aromatic carbocycles. The number of rotatable bonds is 9. The summed E-state index contributed by atoms with van der Waals surface area (Å²) < 4.78 is 18.5. The topological polar surface area (TPSA) is 68.2 Å². The molecule has 0 saturated heterocycles. The largest absolute Gasteiger partial charge is 0.390 e. The van der Waals surface area contributed by atoms with E-state index in [0.29, 0.717) is 19.8 Å². The molecule has 5 nitrogen and oxygen atoms in total. The zero-order valence-corrected chi connectivity index (χ0v) is 18.0. The van der Waals surface area contributed by atoms with Crippen LogP contribution in [0.4, 0.5) is 0 Å². The predicted octanol–water partition coefficient (Wildman–Crippen LogP) is 3.87. The van der Waals surface area contributed by atoms with E-state index in [2.05, 4.69) is 0 Å². The molecule has 168 valence electrons. The van der Waals surface area contributed by atoms with Crippen molar-refractivity contribution in [1.29, 1.82) is 0 Å². The molecule has 4 rings (SSSR count). The van der Waals surface area contributed by atoms with Crippen molar-refractivity contribution in [1.82, 2.24) is 0 Å². The third kappa shape index (κ3) is 6.03. The Kier molecular flexibility index (Phi) is 8.04. The predicted molar refractivity (Wildman–Crippen MR) is 122 cm³/mol. The second kappa shape index (κ2) is 11.4. The third-order valence-electron chi connectivity index (χ3n) is 5.74. The average Bonchev–Trinajstić information content (AvgIpc) is 2.83. The van der Waals surface area contributed by atoms with E-state index >= 15 is 0 Å². The summed E-state index contributed by atoms with van der Waals surface area (Å²) in [4.78, 5) is 0. The zero-order valence-electron chi connectivity index (χ0n) is 18.0. The Bertz CT molecular complexity index is 863. The van der Waals surface area contributed by atoms with Crippen molar-refractivity contribution in [2.75, 3.05) is 0 Å². The Morgan fingerprint density at radius 3 is 1.16 bits per heavy atom. The van der Waals surface area contributed by atoms with Crippen LogP contribution in [0.5, 0.6) is 0 Å². The van der Waals surface area contributed by atoms with Gasteiger partial charge in [-0.25, -0.2) is 0 Å². The molecule has 1 aliphatic rings. The molecule has 1 saturated carbocycles. The van der Waals surface area contributed by atoms with Crippen molar-refractivity contribution in [3.63, 3.8) is 0 Å². The number of ether oxygens (including phenoxy) is 3. The van der Waals surface area contributed by atoms with Gasteiger partial charge in [0.1, 0.15) is 18.3 Å². The maximum absolute atomic E-state index is 10.8. The van der Waals surface area contributed by atoms with Gasteiger partial charge in [-0.3, -0.25) is 0 Å². The first-order valence-electron chi connectivity index (χ1n) is 11.0. The van der Waals surface area contributed by atoms with Gasteiger partial charge in [0.15, 0.2) is 0 Å². The number of hydrogen-bond acceptors (Lipinski definition) is 5. The summed E-state index contributed by atoms with van der Waals surface area (Å²) in [7, 11) is 0. The molecule has 0 amide bonds. The zero-order chi connectivity index (χ0) is 22.2. The van der Waals surface area contributed by atoms with Crippen LogP contribution >= 0.6 is 0 Å². The van der Waals surface area contributed by atoms with Gasteiger partial charge in [-0.05, 0) is 16.7 Å². The normalized spacial score (nSPS) is 25.5. The van der Waals surface area contributed by atoms with E-state index in [-0.39, 0.29) is 6.42 Å². The van der Waals surface area contributed by atoms with Crippen LogP contribution in [-0.2, 0) is 34.0 Å². The first kappa shape index (κ1) is 22.6. The van der Waals surface area contributed by atoms with Crippen molar-refractivity contribution in [3.05, 3.63) is 108 Å². The van der Waals surface area contributed by atoms with E-state index in [4.69, 9.17) is 14.2 Å². The fourth-order valence-electron chi connectivity index (χ4n) is 4.04.